The maximum absolute atomic E-state index is 8.89. The molecule has 0 bridgehead atoms. The van der Waals surface area contributed by atoms with Gasteiger partial charge in [0.25, 0.3) is 0 Å². The zero-order valence-electron chi connectivity index (χ0n) is 12.1. The highest BCUT2D eigenvalue weighted by molar-refractivity contribution is 5.56. The van der Waals surface area contributed by atoms with Crippen LogP contribution in [0, 0.1) is 11.3 Å². The predicted molar refractivity (Wildman–Crippen MR) is 82.7 cm³/mol. The largest absolute Gasteiger partial charge is 0.366 e. The van der Waals surface area contributed by atoms with Gasteiger partial charge in [0.2, 0.25) is 0 Å². The first-order valence-corrected chi connectivity index (χ1v) is 6.79. The van der Waals surface area contributed by atoms with E-state index in [9.17, 15) is 0 Å². The molecule has 0 aliphatic heterocycles. The van der Waals surface area contributed by atoms with Crippen LogP contribution in [0.25, 0.3) is 11.4 Å². The smallest absolute Gasteiger partial charge is 0.165 e. The van der Waals surface area contributed by atoms with Gasteiger partial charge in [0.1, 0.15) is 12.1 Å². The van der Waals surface area contributed by atoms with Gasteiger partial charge in [-0.05, 0) is 29.8 Å². The van der Waals surface area contributed by atoms with Crippen LogP contribution < -0.4 is 5.32 Å². The molecule has 0 unspecified atom stereocenters. The molecule has 108 valence electrons. The van der Waals surface area contributed by atoms with E-state index in [1.165, 1.54) is 0 Å². The van der Waals surface area contributed by atoms with Crippen LogP contribution in [-0.4, -0.2) is 19.7 Å². The van der Waals surface area contributed by atoms with Gasteiger partial charge in [0.15, 0.2) is 5.82 Å². The molecular weight excluding hydrogens is 276 g/mol. The Kier molecular flexibility index (Phi) is 3.79. The van der Waals surface area contributed by atoms with Crippen molar-refractivity contribution < 1.29 is 0 Å². The van der Waals surface area contributed by atoms with E-state index in [2.05, 4.69) is 26.6 Å². The Labute approximate surface area is 128 Å². The molecule has 6 heteroatoms. The molecule has 0 spiro atoms. The van der Waals surface area contributed by atoms with E-state index in [1.807, 2.05) is 41.9 Å². The zero-order chi connectivity index (χ0) is 15.4. The Hall–Kier alpha value is -3.20. The van der Waals surface area contributed by atoms with Gasteiger partial charge in [-0.3, -0.25) is 0 Å². The van der Waals surface area contributed by atoms with Crippen LogP contribution in [0.3, 0.4) is 0 Å². The molecule has 0 saturated carbocycles. The summed E-state index contributed by atoms with van der Waals surface area (Å²) in [6.45, 7) is 0.617. The molecule has 1 N–H and O–H groups in total. The number of hydrogen-bond donors (Lipinski definition) is 1. The summed E-state index contributed by atoms with van der Waals surface area (Å²) in [6.07, 6.45) is 3.42. The summed E-state index contributed by atoms with van der Waals surface area (Å²) in [6, 6.07) is 13.5. The van der Waals surface area contributed by atoms with Crippen LogP contribution in [0.5, 0.6) is 0 Å². The molecule has 0 aliphatic carbocycles. The minimum atomic E-state index is 0.617. The highest BCUT2D eigenvalue weighted by Crippen LogP contribution is 2.16. The van der Waals surface area contributed by atoms with Crippen LogP contribution in [0.4, 0.5) is 5.82 Å². The molecule has 6 nitrogen and oxygen atoms in total. The number of hydrogen-bond acceptors (Lipinski definition) is 5. The number of nitriles is 1. The number of anilines is 1. The number of nitrogens with one attached hydrogen (secondary N) is 1. The van der Waals surface area contributed by atoms with Crippen molar-refractivity contribution in [2.24, 2.45) is 7.05 Å². The summed E-state index contributed by atoms with van der Waals surface area (Å²) < 4.78 is 1.84. The van der Waals surface area contributed by atoms with Gasteiger partial charge in [-0.15, -0.1) is 10.2 Å². The summed E-state index contributed by atoms with van der Waals surface area (Å²) in [7, 11) is 1.89. The van der Waals surface area contributed by atoms with E-state index in [1.54, 1.807) is 18.6 Å². The average Bonchev–Trinajstić information content (AvgIpc) is 3.00. The fraction of sp³-hybridized carbons (Fsp3) is 0.125. The van der Waals surface area contributed by atoms with E-state index in [0.29, 0.717) is 12.1 Å². The normalized spacial score (nSPS) is 10.2. The van der Waals surface area contributed by atoms with Gasteiger partial charge in [-0.1, -0.05) is 12.1 Å². The van der Waals surface area contributed by atoms with E-state index in [4.69, 9.17) is 5.26 Å². The predicted octanol–water partition coefficient (Wildman–Crippen LogP) is 2.36. The molecule has 3 rings (SSSR count). The lowest BCUT2D eigenvalue weighted by Crippen LogP contribution is -2.01. The summed E-state index contributed by atoms with van der Waals surface area (Å²) >= 11 is 0. The lowest BCUT2D eigenvalue weighted by atomic mass is 10.1. The Morgan fingerprint density at radius 2 is 2.18 bits per heavy atom. The van der Waals surface area contributed by atoms with Crippen LogP contribution in [0.2, 0.25) is 0 Å². The molecule has 0 saturated heterocycles. The van der Waals surface area contributed by atoms with Crippen molar-refractivity contribution in [1.82, 2.24) is 19.7 Å². The summed E-state index contributed by atoms with van der Waals surface area (Å²) in [5.74, 6) is 1.55. The fourth-order valence-electron chi connectivity index (χ4n) is 2.12. The molecule has 0 atom stereocenters. The maximum atomic E-state index is 8.89. The molecule has 0 aliphatic rings. The molecule has 1 aromatic carbocycles. The Morgan fingerprint density at radius 3 is 2.86 bits per heavy atom. The Balaban J connectivity index is 1.69. The van der Waals surface area contributed by atoms with Crippen molar-refractivity contribution in [3.63, 3.8) is 0 Å². The SMILES string of the molecule is Cn1cnnc1-c1ccc(NCc2cccc(C#N)c2)nc1. The number of pyridine rings is 1. The average molecular weight is 290 g/mol. The van der Waals surface area contributed by atoms with E-state index >= 15 is 0 Å². The number of aromatic nitrogens is 4. The standard InChI is InChI=1S/C16H14N6/c1-22-11-20-21-16(22)14-5-6-15(19-10-14)18-9-13-4-2-3-12(7-13)8-17/h2-7,10-11H,9H2,1H3,(H,18,19). The van der Waals surface area contributed by atoms with Crippen LogP contribution in [0.1, 0.15) is 11.1 Å². The van der Waals surface area contributed by atoms with E-state index in [-0.39, 0.29) is 0 Å². The number of benzene rings is 1. The van der Waals surface area contributed by atoms with Gasteiger partial charge in [-0.25, -0.2) is 4.98 Å². The minimum Gasteiger partial charge on any atom is -0.366 e. The van der Waals surface area contributed by atoms with Crippen molar-refractivity contribution in [3.05, 3.63) is 60.0 Å². The molecule has 0 fully saturated rings. The second-order valence-corrected chi connectivity index (χ2v) is 4.86. The van der Waals surface area contributed by atoms with Crippen molar-refractivity contribution in [3.8, 4) is 17.5 Å². The van der Waals surface area contributed by atoms with Gasteiger partial charge >= 0.3 is 0 Å². The third kappa shape index (κ3) is 2.94. The zero-order valence-corrected chi connectivity index (χ0v) is 12.1. The molecule has 3 aromatic rings. The van der Waals surface area contributed by atoms with Crippen molar-refractivity contribution in [1.29, 1.82) is 5.26 Å². The first-order valence-electron chi connectivity index (χ1n) is 6.79. The number of aryl methyl sites for hydroxylation is 1. The summed E-state index contributed by atoms with van der Waals surface area (Å²) in [5.41, 5.74) is 2.61. The minimum absolute atomic E-state index is 0.617. The monoisotopic (exact) mass is 290 g/mol. The van der Waals surface area contributed by atoms with Gasteiger partial charge in [0.05, 0.1) is 11.6 Å². The first-order chi connectivity index (χ1) is 10.8. The van der Waals surface area contributed by atoms with Crippen LogP contribution >= 0.6 is 0 Å². The highest BCUT2D eigenvalue weighted by atomic mass is 15.2. The summed E-state index contributed by atoms with van der Waals surface area (Å²) in [4.78, 5) is 4.38. The van der Waals surface area contributed by atoms with Crippen LogP contribution in [-0.2, 0) is 13.6 Å². The maximum Gasteiger partial charge on any atom is 0.165 e. The molecule has 2 aromatic heterocycles. The van der Waals surface area contributed by atoms with Crippen LogP contribution in [0.15, 0.2) is 48.9 Å². The fourth-order valence-corrected chi connectivity index (χ4v) is 2.12. The lowest BCUT2D eigenvalue weighted by molar-refractivity contribution is 0.918. The molecule has 0 amide bonds. The second kappa shape index (κ2) is 6.06. The Morgan fingerprint density at radius 1 is 1.27 bits per heavy atom. The Bertz CT molecular complexity index is 813. The van der Waals surface area contributed by atoms with Gasteiger partial charge in [0, 0.05) is 25.4 Å². The van der Waals surface area contributed by atoms with Crippen molar-refractivity contribution in [2.75, 3.05) is 5.32 Å². The number of rotatable bonds is 4. The lowest BCUT2D eigenvalue weighted by Gasteiger charge is -2.07. The molecule has 2 heterocycles. The van der Waals surface area contributed by atoms with Crippen molar-refractivity contribution >= 4 is 5.82 Å². The van der Waals surface area contributed by atoms with Crippen molar-refractivity contribution in [2.45, 2.75) is 6.54 Å². The highest BCUT2D eigenvalue weighted by Gasteiger charge is 2.05. The van der Waals surface area contributed by atoms with E-state index < -0.39 is 0 Å². The second-order valence-electron chi connectivity index (χ2n) is 4.86. The van der Waals surface area contributed by atoms with Gasteiger partial charge < -0.3 is 9.88 Å². The molecular formula is C16H14N6. The molecule has 22 heavy (non-hydrogen) atoms. The number of nitrogens with zero attached hydrogens (tertiary/aromatic N) is 5. The topological polar surface area (TPSA) is 79.4 Å². The third-order valence-electron chi connectivity index (χ3n) is 3.26. The summed E-state index contributed by atoms with van der Waals surface area (Å²) in [5, 5.41) is 20.0. The van der Waals surface area contributed by atoms with Gasteiger partial charge in [-0.2, -0.15) is 5.26 Å². The first kappa shape index (κ1) is 13.8. The van der Waals surface area contributed by atoms with E-state index in [0.717, 1.165) is 22.8 Å². The quantitative estimate of drug-likeness (QED) is 0.798. The molecule has 0 radical (unpaired) electrons. The third-order valence-corrected chi connectivity index (χ3v) is 3.26.